The Morgan fingerprint density at radius 2 is 1.65 bits per heavy atom. The summed E-state index contributed by atoms with van der Waals surface area (Å²) in [4.78, 5) is 16.1. The van der Waals surface area contributed by atoms with Gasteiger partial charge < -0.3 is 4.42 Å². The van der Waals surface area contributed by atoms with E-state index in [9.17, 15) is 18.0 Å². The summed E-state index contributed by atoms with van der Waals surface area (Å²) in [5, 5.41) is 0.408. The second-order valence-corrected chi connectivity index (χ2v) is 5.11. The number of halogens is 3. The van der Waals surface area contributed by atoms with Crippen molar-refractivity contribution < 1.29 is 17.6 Å². The highest BCUT2D eigenvalue weighted by Gasteiger charge is 2.29. The zero-order valence-corrected chi connectivity index (χ0v) is 11.9. The van der Waals surface area contributed by atoms with Crippen LogP contribution in [0.25, 0.3) is 10.9 Å². The van der Waals surface area contributed by atoms with Crippen molar-refractivity contribution in [2.24, 2.45) is 0 Å². The Balaban J connectivity index is 1.77. The van der Waals surface area contributed by atoms with E-state index >= 15 is 0 Å². The fourth-order valence-corrected chi connectivity index (χ4v) is 2.28. The number of fused-ring (bicyclic) bond motifs is 1. The van der Waals surface area contributed by atoms with E-state index in [1.165, 1.54) is 12.1 Å². The van der Waals surface area contributed by atoms with E-state index in [1.54, 1.807) is 24.3 Å². The lowest BCUT2D eigenvalue weighted by atomic mass is 10.1. The molecule has 0 spiro atoms. The third kappa shape index (κ3) is 3.41. The van der Waals surface area contributed by atoms with E-state index in [2.05, 4.69) is 4.98 Å². The van der Waals surface area contributed by atoms with Crippen molar-refractivity contribution in [1.29, 1.82) is 0 Å². The second-order valence-electron chi connectivity index (χ2n) is 5.11. The number of alkyl halides is 3. The molecule has 0 amide bonds. The van der Waals surface area contributed by atoms with Gasteiger partial charge in [-0.05, 0) is 36.2 Å². The van der Waals surface area contributed by atoms with E-state index in [-0.39, 0.29) is 5.89 Å². The van der Waals surface area contributed by atoms with E-state index in [1.807, 2.05) is 0 Å². The second kappa shape index (κ2) is 5.87. The maximum absolute atomic E-state index is 12.5. The summed E-state index contributed by atoms with van der Waals surface area (Å²) < 4.78 is 42.7. The van der Waals surface area contributed by atoms with Gasteiger partial charge in [0.1, 0.15) is 0 Å². The summed E-state index contributed by atoms with van der Waals surface area (Å²) >= 11 is 0. The maximum Gasteiger partial charge on any atom is 0.416 e. The minimum absolute atomic E-state index is 0.272. The molecule has 0 aliphatic rings. The van der Waals surface area contributed by atoms with Gasteiger partial charge in [0, 0.05) is 6.42 Å². The van der Waals surface area contributed by atoms with Crippen LogP contribution in [0.4, 0.5) is 13.2 Å². The lowest BCUT2D eigenvalue weighted by Crippen LogP contribution is -2.06. The van der Waals surface area contributed by atoms with E-state index in [4.69, 9.17) is 4.42 Å². The van der Waals surface area contributed by atoms with Gasteiger partial charge in [-0.25, -0.2) is 9.78 Å². The quantitative estimate of drug-likeness (QED) is 0.733. The standard InChI is InChI=1S/C17H12F3NO2/c18-17(19,20)12-8-5-11(6-9-12)7-10-15-21-14-4-2-1-3-13(14)16(22)23-15/h1-6,8-9H,7,10H2. The van der Waals surface area contributed by atoms with Gasteiger partial charge in [0.2, 0.25) is 0 Å². The molecule has 2 aromatic carbocycles. The molecule has 0 atom stereocenters. The van der Waals surface area contributed by atoms with Crippen molar-refractivity contribution in [3.63, 3.8) is 0 Å². The first-order chi connectivity index (χ1) is 10.9. The fraction of sp³-hybridized carbons (Fsp3) is 0.176. The van der Waals surface area contributed by atoms with E-state index in [0.29, 0.717) is 23.7 Å². The Labute approximate surface area is 129 Å². The van der Waals surface area contributed by atoms with Crippen molar-refractivity contribution in [3.8, 4) is 0 Å². The van der Waals surface area contributed by atoms with Gasteiger partial charge in [-0.1, -0.05) is 24.3 Å². The van der Waals surface area contributed by atoms with Crippen LogP contribution in [0.5, 0.6) is 0 Å². The van der Waals surface area contributed by atoms with Crippen molar-refractivity contribution in [1.82, 2.24) is 4.98 Å². The summed E-state index contributed by atoms with van der Waals surface area (Å²) in [6.07, 6.45) is -3.57. The largest absolute Gasteiger partial charge is 0.416 e. The van der Waals surface area contributed by atoms with Crippen LogP contribution in [0.15, 0.2) is 57.7 Å². The summed E-state index contributed by atoms with van der Waals surface area (Å²) in [7, 11) is 0. The van der Waals surface area contributed by atoms with Gasteiger partial charge in [0.15, 0.2) is 5.89 Å². The molecule has 0 aliphatic heterocycles. The first-order valence-corrected chi connectivity index (χ1v) is 6.98. The number of rotatable bonds is 3. The van der Waals surface area contributed by atoms with Crippen LogP contribution in [0, 0.1) is 0 Å². The number of hydrogen-bond acceptors (Lipinski definition) is 3. The first kappa shape index (κ1) is 15.3. The molecule has 118 valence electrons. The van der Waals surface area contributed by atoms with E-state index in [0.717, 1.165) is 17.7 Å². The highest BCUT2D eigenvalue weighted by atomic mass is 19.4. The van der Waals surface area contributed by atoms with Gasteiger partial charge in [-0.15, -0.1) is 0 Å². The zero-order valence-electron chi connectivity index (χ0n) is 11.9. The number of para-hydroxylation sites is 1. The summed E-state index contributed by atoms with van der Waals surface area (Å²) in [5.74, 6) is 0.272. The normalized spacial score (nSPS) is 11.8. The van der Waals surface area contributed by atoms with Crippen LogP contribution >= 0.6 is 0 Å². The minimum Gasteiger partial charge on any atom is -0.408 e. The van der Waals surface area contributed by atoms with Crippen molar-refractivity contribution in [2.45, 2.75) is 19.0 Å². The van der Waals surface area contributed by atoms with Crippen LogP contribution in [-0.2, 0) is 19.0 Å². The van der Waals surface area contributed by atoms with Crippen LogP contribution < -0.4 is 5.63 Å². The zero-order chi connectivity index (χ0) is 16.4. The van der Waals surface area contributed by atoms with Gasteiger partial charge in [-0.3, -0.25) is 0 Å². The molecule has 3 nitrogen and oxygen atoms in total. The first-order valence-electron chi connectivity index (χ1n) is 6.98. The fourth-order valence-electron chi connectivity index (χ4n) is 2.28. The summed E-state index contributed by atoms with van der Waals surface area (Å²) in [6, 6.07) is 11.8. The van der Waals surface area contributed by atoms with E-state index < -0.39 is 17.4 Å². The lowest BCUT2D eigenvalue weighted by molar-refractivity contribution is -0.137. The molecule has 0 fully saturated rings. The lowest BCUT2D eigenvalue weighted by Gasteiger charge is -2.07. The predicted octanol–water partition coefficient (Wildman–Crippen LogP) is 3.99. The third-order valence-electron chi connectivity index (χ3n) is 3.49. The minimum atomic E-state index is -4.34. The molecule has 0 saturated carbocycles. The highest BCUT2D eigenvalue weighted by Crippen LogP contribution is 2.29. The number of hydrogen-bond donors (Lipinski definition) is 0. The van der Waals surface area contributed by atoms with Crippen molar-refractivity contribution in [3.05, 3.63) is 76.0 Å². The summed E-state index contributed by atoms with van der Waals surface area (Å²) in [5.41, 5.74) is 0.122. The molecular weight excluding hydrogens is 307 g/mol. The molecule has 3 aromatic rings. The molecule has 0 saturated heterocycles. The van der Waals surface area contributed by atoms with Crippen molar-refractivity contribution in [2.75, 3.05) is 0 Å². The Morgan fingerprint density at radius 1 is 0.957 bits per heavy atom. The Kier molecular flexibility index (Phi) is 3.90. The molecule has 0 aliphatic carbocycles. The Bertz CT molecular complexity index is 883. The molecular formula is C17H12F3NO2. The predicted molar refractivity (Wildman–Crippen MR) is 79.1 cm³/mol. The third-order valence-corrected chi connectivity index (χ3v) is 3.49. The van der Waals surface area contributed by atoms with Crippen molar-refractivity contribution >= 4 is 10.9 Å². The molecule has 0 unspecified atom stereocenters. The van der Waals surface area contributed by atoms with Crippen LogP contribution in [0.2, 0.25) is 0 Å². The SMILES string of the molecule is O=c1oc(CCc2ccc(C(F)(F)F)cc2)nc2ccccc12. The van der Waals surface area contributed by atoms with Gasteiger partial charge in [0.25, 0.3) is 0 Å². The number of aryl methyl sites for hydroxylation is 2. The van der Waals surface area contributed by atoms with Crippen LogP contribution in [0.3, 0.4) is 0 Å². The summed E-state index contributed by atoms with van der Waals surface area (Å²) in [6.45, 7) is 0. The molecule has 0 radical (unpaired) electrons. The monoisotopic (exact) mass is 319 g/mol. The smallest absolute Gasteiger partial charge is 0.408 e. The molecule has 6 heteroatoms. The molecule has 3 rings (SSSR count). The molecule has 0 bridgehead atoms. The molecule has 23 heavy (non-hydrogen) atoms. The number of aromatic nitrogens is 1. The van der Waals surface area contributed by atoms with Gasteiger partial charge in [-0.2, -0.15) is 13.2 Å². The maximum atomic E-state index is 12.5. The van der Waals surface area contributed by atoms with Crippen LogP contribution in [0.1, 0.15) is 17.0 Å². The number of benzene rings is 2. The molecule has 0 N–H and O–H groups in total. The topological polar surface area (TPSA) is 43.1 Å². The Morgan fingerprint density at radius 3 is 2.35 bits per heavy atom. The van der Waals surface area contributed by atoms with Gasteiger partial charge in [0.05, 0.1) is 16.5 Å². The highest BCUT2D eigenvalue weighted by molar-refractivity contribution is 5.76. The number of nitrogens with zero attached hydrogens (tertiary/aromatic N) is 1. The molecule has 1 heterocycles. The average Bonchev–Trinajstić information content (AvgIpc) is 2.52. The Hall–Kier alpha value is -2.63. The average molecular weight is 319 g/mol. The molecule has 1 aromatic heterocycles. The van der Waals surface area contributed by atoms with Gasteiger partial charge >= 0.3 is 11.8 Å². The van der Waals surface area contributed by atoms with Crippen LogP contribution in [-0.4, -0.2) is 4.98 Å².